The zero-order chi connectivity index (χ0) is 26.5. The van der Waals surface area contributed by atoms with E-state index < -0.39 is 0 Å². The van der Waals surface area contributed by atoms with Gasteiger partial charge in [-0.1, -0.05) is 92.7 Å². The lowest BCUT2D eigenvalue weighted by molar-refractivity contribution is 0.0720. The Labute approximate surface area is 224 Å². The number of amides is 2. The van der Waals surface area contributed by atoms with E-state index in [0.717, 1.165) is 22.4 Å². The minimum Gasteiger partial charge on any atom is -0.361 e. The molecule has 0 unspecified atom stereocenters. The summed E-state index contributed by atoms with van der Waals surface area (Å²) in [4.78, 5) is 28.2. The third-order valence-corrected chi connectivity index (χ3v) is 6.86. The Morgan fingerprint density at radius 3 is 2.13 bits per heavy atom. The molecular formula is C33H33N3O2. The highest BCUT2D eigenvalue weighted by molar-refractivity contribution is 5.99. The smallest absolute Gasteiger partial charge is 0.256 e. The van der Waals surface area contributed by atoms with Crippen LogP contribution >= 0.6 is 0 Å². The predicted molar refractivity (Wildman–Crippen MR) is 152 cm³/mol. The van der Waals surface area contributed by atoms with Gasteiger partial charge in [-0.15, -0.1) is 0 Å². The first kappa shape index (κ1) is 25.3. The summed E-state index contributed by atoms with van der Waals surface area (Å²) in [5.41, 5.74) is 5.40. The second kappa shape index (κ2) is 11.3. The Morgan fingerprint density at radius 1 is 0.816 bits per heavy atom. The quantitative estimate of drug-likeness (QED) is 0.270. The van der Waals surface area contributed by atoms with Crippen molar-refractivity contribution in [1.29, 1.82) is 0 Å². The zero-order valence-corrected chi connectivity index (χ0v) is 21.8. The fourth-order valence-corrected chi connectivity index (χ4v) is 5.01. The van der Waals surface area contributed by atoms with E-state index in [1.807, 2.05) is 102 Å². The van der Waals surface area contributed by atoms with Crippen molar-refractivity contribution in [1.82, 2.24) is 10.2 Å². The molecule has 0 radical (unpaired) electrons. The fourth-order valence-electron chi connectivity index (χ4n) is 5.01. The van der Waals surface area contributed by atoms with Crippen molar-refractivity contribution >= 4 is 17.5 Å². The van der Waals surface area contributed by atoms with E-state index in [-0.39, 0.29) is 24.0 Å². The lowest BCUT2D eigenvalue weighted by atomic mass is 9.98. The predicted octanol–water partition coefficient (Wildman–Crippen LogP) is 6.62. The van der Waals surface area contributed by atoms with Crippen molar-refractivity contribution in [3.63, 3.8) is 0 Å². The highest BCUT2D eigenvalue weighted by Gasteiger charge is 2.36. The molecule has 5 rings (SSSR count). The molecular weight excluding hydrogens is 470 g/mol. The number of nitrogens with zero attached hydrogens (tertiary/aromatic N) is 1. The molecule has 1 aliphatic rings. The second-order valence-corrected chi connectivity index (χ2v) is 10.2. The Bertz CT molecular complexity index is 1380. The maximum Gasteiger partial charge on any atom is 0.256 e. The number of anilines is 1. The van der Waals surface area contributed by atoms with Crippen LogP contribution in [0.1, 0.15) is 63.5 Å². The van der Waals surface area contributed by atoms with Crippen LogP contribution in [0.5, 0.6) is 0 Å². The van der Waals surface area contributed by atoms with Gasteiger partial charge in [-0.25, -0.2) is 0 Å². The number of rotatable bonds is 9. The first-order valence-corrected chi connectivity index (χ1v) is 13.2. The maximum absolute atomic E-state index is 13.3. The minimum absolute atomic E-state index is 0.0492. The molecule has 0 bridgehead atoms. The summed E-state index contributed by atoms with van der Waals surface area (Å²) in [5, 5.41) is 6.75. The van der Waals surface area contributed by atoms with Crippen LogP contribution in [0.15, 0.2) is 109 Å². The molecule has 192 valence electrons. The largest absolute Gasteiger partial charge is 0.361 e. The van der Waals surface area contributed by atoms with Gasteiger partial charge in [-0.2, -0.15) is 0 Å². The number of fused-ring (bicyclic) bond motifs is 1. The van der Waals surface area contributed by atoms with Gasteiger partial charge in [0.25, 0.3) is 11.8 Å². The molecule has 4 aromatic carbocycles. The third-order valence-electron chi connectivity index (χ3n) is 6.86. The molecule has 0 fully saturated rings. The van der Waals surface area contributed by atoms with E-state index in [9.17, 15) is 9.59 Å². The average molecular weight is 504 g/mol. The van der Waals surface area contributed by atoms with Crippen LogP contribution in [-0.2, 0) is 6.42 Å². The van der Waals surface area contributed by atoms with Gasteiger partial charge in [-0.05, 0) is 53.8 Å². The van der Waals surface area contributed by atoms with Crippen molar-refractivity contribution in [3.8, 4) is 0 Å². The van der Waals surface area contributed by atoms with Crippen molar-refractivity contribution in [3.05, 3.63) is 137 Å². The van der Waals surface area contributed by atoms with Crippen molar-refractivity contribution < 1.29 is 9.59 Å². The van der Waals surface area contributed by atoms with E-state index in [1.54, 1.807) is 0 Å². The van der Waals surface area contributed by atoms with E-state index in [1.165, 1.54) is 5.56 Å². The number of benzene rings is 4. The zero-order valence-electron chi connectivity index (χ0n) is 21.8. The first-order chi connectivity index (χ1) is 18.5. The summed E-state index contributed by atoms with van der Waals surface area (Å²) >= 11 is 0. The molecule has 2 amide bonds. The molecule has 2 atom stereocenters. The van der Waals surface area contributed by atoms with Crippen LogP contribution in [0.4, 0.5) is 5.69 Å². The molecule has 1 heterocycles. The molecule has 0 spiro atoms. The Morgan fingerprint density at radius 2 is 1.45 bits per heavy atom. The van der Waals surface area contributed by atoms with Gasteiger partial charge in [0.15, 0.2) is 0 Å². The van der Waals surface area contributed by atoms with Crippen LogP contribution < -0.4 is 10.6 Å². The van der Waals surface area contributed by atoms with E-state index in [0.29, 0.717) is 24.4 Å². The van der Waals surface area contributed by atoms with E-state index in [2.05, 4.69) is 36.6 Å². The molecule has 1 aliphatic heterocycles. The van der Waals surface area contributed by atoms with Gasteiger partial charge in [0, 0.05) is 28.9 Å². The highest BCUT2D eigenvalue weighted by Crippen LogP contribution is 2.35. The molecule has 5 nitrogen and oxygen atoms in total. The van der Waals surface area contributed by atoms with Crippen molar-refractivity contribution in [2.75, 3.05) is 11.9 Å². The minimum atomic E-state index is -0.242. The Balaban J connectivity index is 1.32. The summed E-state index contributed by atoms with van der Waals surface area (Å²) < 4.78 is 0. The molecule has 5 heteroatoms. The Kier molecular flexibility index (Phi) is 7.55. The summed E-state index contributed by atoms with van der Waals surface area (Å²) in [6.45, 7) is 4.89. The lowest BCUT2D eigenvalue weighted by Gasteiger charge is -2.28. The number of carbonyl (C=O) groups excluding carboxylic acids is 2. The lowest BCUT2D eigenvalue weighted by Crippen LogP contribution is -2.35. The standard InChI is InChI=1S/C33H33N3O2/c1-23(2)22-36-31(28-15-9-10-16-29(28)33(36)38)34-27-19-17-26(18-20-27)32(37)35-30(25-13-7-4-8-14-25)21-24-11-5-3-6-12-24/h3-20,23,30-31,34H,21-22H2,1-2H3,(H,35,37)/t30-,31-/m0/s1. The monoisotopic (exact) mass is 503 g/mol. The maximum atomic E-state index is 13.3. The molecule has 0 aliphatic carbocycles. The van der Waals surface area contributed by atoms with Crippen LogP contribution in [-0.4, -0.2) is 23.3 Å². The molecule has 0 saturated carbocycles. The van der Waals surface area contributed by atoms with Gasteiger partial charge >= 0.3 is 0 Å². The number of hydrogen-bond acceptors (Lipinski definition) is 3. The summed E-state index contributed by atoms with van der Waals surface area (Å²) in [5.74, 6) is 0.273. The van der Waals surface area contributed by atoms with Gasteiger partial charge < -0.3 is 15.5 Å². The SMILES string of the molecule is CC(C)CN1C(=O)c2ccccc2[C@H]1Nc1ccc(C(=O)N[C@@H](Cc2ccccc2)c2ccccc2)cc1. The molecule has 4 aromatic rings. The van der Waals surface area contributed by atoms with E-state index >= 15 is 0 Å². The molecule has 2 N–H and O–H groups in total. The average Bonchev–Trinajstić information content (AvgIpc) is 3.20. The molecule has 0 saturated heterocycles. The summed E-state index contributed by atoms with van der Waals surface area (Å²) in [6, 6.07) is 35.3. The van der Waals surface area contributed by atoms with Crippen molar-refractivity contribution in [2.45, 2.75) is 32.5 Å². The Hall–Kier alpha value is -4.38. The van der Waals surface area contributed by atoms with Crippen LogP contribution in [0.3, 0.4) is 0 Å². The van der Waals surface area contributed by atoms with Gasteiger partial charge in [-0.3, -0.25) is 9.59 Å². The third kappa shape index (κ3) is 5.62. The van der Waals surface area contributed by atoms with Crippen molar-refractivity contribution in [2.24, 2.45) is 5.92 Å². The van der Waals surface area contributed by atoms with Gasteiger partial charge in [0.2, 0.25) is 0 Å². The first-order valence-electron chi connectivity index (χ1n) is 13.2. The highest BCUT2D eigenvalue weighted by atomic mass is 16.2. The number of nitrogens with one attached hydrogen (secondary N) is 2. The normalized spacial score (nSPS) is 15.3. The summed E-state index contributed by atoms with van der Waals surface area (Å²) in [6.07, 6.45) is 0.464. The van der Waals surface area contributed by atoms with Gasteiger partial charge in [0.1, 0.15) is 6.17 Å². The molecule has 38 heavy (non-hydrogen) atoms. The fraction of sp³-hybridized carbons (Fsp3) is 0.212. The van der Waals surface area contributed by atoms with Crippen LogP contribution in [0, 0.1) is 5.92 Å². The number of hydrogen-bond donors (Lipinski definition) is 2. The van der Waals surface area contributed by atoms with Crippen LogP contribution in [0.25, 0.3) is 0 Å². The summed E-state index contributed by atoms with van der Waals surface area (Å²) in [7, 11) is 0. The van der Waals surface area contributed by atoms with E-state index in [4.69, 9.17) is 0 Å². The van der Waals surface area contributed by atoms with Gasteiger partial charge in [0.05, 0.1) is 6.04 Å². The number of carbonyl (C=O) groups is 2. The van der Waals surface area contributed by atoms with Crippen LogP contribution in [0.2, 0.25) is 0 Å². The second-order valence-electron chi connectivity index (χ2n) is 10.2. The topological polar surface area (TPSA) is 61.4 Å². The molecule has 0 aromatic heterocycles.